The van der Waals surface area contributed by atoms with Gasteiger partial charge in [-0.25, -0.2) is 0 Å². The van der Waals surface area contributed by atoms with Gasteiger partial charge in [0.1, 0.15) is 0 Å². The Morgan fingerprint density at radius 2 is 1.41 bits per heavy atom. The van der Waals surface area contributed by atoms with E-state index in [2.05, 4.69) is 26.0 Å². The zero-order chi connectivity index (χ0) is 24.3. The second kappa shape index (κ2) is 14.0. The Morgan fingerprint density at radius 1 is 0.794 bits per heavy atom. The number of hydrogen-bond acceptors (Lipinski definition) is 3. The molecule has 190 valence electrons. The van der Waals surface area contributed by atoms with Gasteiger partial charge in [-0.3, -0.25) is 9.59 Å². The van der Waals surface area contributed by atoms with Gasteiger partial charge in [0.05, 0.1) is 5.92 Å². The number of esters is 1. The Morgan fingerprint density at radius 3 is 2.03 bits per heavy atom. The fourth-order valence-corrected chi connectivity index (χ4v) is 6.22. The normalized spacial score (nSPS) is 26.1. The lowest BCUT2D eigenvalue weighted by atomic mass is 9.77. The van der Waals surface area contributed by atoms with E-state index < -0.39 is 6.10 Å². The monoisotopic (exact) mass is 468 g/mol. The van der Waals surface area contributed by atoms with Crippen LogP contribution in [0.25, 0.3) is 0 Å². The third-order valence-corrected chi connectivity index (χ3v) is 8.52. The molecule has 2 saturated carbocycles. The molecule has 0 bridgehead atoms. The van der Waals surface area contributed by atoms with E-state index in [1.54, 1.807) is 6.92 Å². The summed E-state index contributed by atoms with van der Waals surface area (Å²) in [6, 6.07) is 8.11. The highest BCUT2D eigenvalue weighted by atomic mass is 16.5. The predicted octanol–water partition coefficient (Wildman–Crippen LogP) is 8.65. The number of benzene rings is 1. The first-order valence-electron chi connectivity index (χ1n) is 14.4. The number of hydrogen-bond donors (Lipinski definition) is 0. The van der Waals surface area contributed by atoms with Crippen LogP contribution in [-0.2, 0) is 9.53 Å². The van der Waals surface area contributed by atoms with Crippen molar-refractivity contribution in [2.45, 2.75) is 129 Å². The molecule has 0 N–H and O–H groups in total. The summed E-state index contributed by atoms with van der Waals surface area (Å²) in [6.07, 6.45) is 17.7. The zero-order valence-electron chi connectivity index (χ0n) is 22.0. The van der Waals surface area contributed by atoms with E-state index in [0.29, 0.717) is 11.5 Å². The van der Waals surface area contributed by atoms with Crippen molar-refractivity contribution in [1.29, 1.82) is 0 Å². The Kier molecular flexibility index (Phi) is 11.1. The highest BCUT2D eigenvalue weighted by Crippen LogP contribution is 2.37. The minimum atomic E-state index is -0.713. The molecule has 0 saturated heterocycles. The van der Waals surface area contributed by atoms with Crippen LogP contribution in [0.15, 0.2) is 24.3 Å². The zero-order valence-corrected chi connectivity index (χ0v) is 22.0. The molecule has 0 aliphatic heterocycles. The number of Topliss-reactive ketones (excluding diaryl/α,β-unsaturated/α-hetero) is 1. The molecule has 0 heterocycles. The molecule has 34 heavy (non-hydrogen) atoms. The Labute approximate surface area is 208 Å². The minimum absolute atomic E-state index is 0.0349. The molecule has 2 aliphatic rings. The van der Waals surface area contributed by atoms with Crippen molar-refractivity contribution in [3.63, 3.8) is 0 Å². The fourth-order valence-electron chi connectivity index (χ4n) is 6.22. The van der Waals surface area contributed by atoms with E-state index in [1.165, 1.54) is 76.2 Å². The molecule has 0 spiro atoms. The van der Waals surface area contributed by atoms with Crippen molar-refractivity contribution in [3.05, 3.63) is 35.4 Å². The van der Waals surface area contributed by atoms with Gasteiger partial charge in [0.25, 0.3) is 0 Å². The number of carbonyl (C=O) groups is 2. The lowest BCUT2D eigenvalue weighted by Crippen LogP contribution is -2.30. The van der Waals surface area contributed by atoms with E-state index in [-0.39, 0.29) is 17.7 Å². The van der Waals surface area contributed by atoms with Crippen molar-refractivity contribution in [1.82, 2.24) is 0 Å². The van der Waals surface area contributed by atoms with Crippen LogP contribution >= 0.6 is 0 Å². The average Bonchev–Trinajstić information content (AvgIpc) is 2.87. The maximum absolute atomic E-state index is 12.9. The van der Waals surface area contributed by atoms with Gasteiger partial charge in [-0.1, -0.05) is 83.1 Å². The quantitative estimate of drug-likeness (QED) is 0.175. The summed E-state index contributed by atoms with van der Waals surface area (Å²) in [7, 11) is 0. The molecule has 1 aromatic rings. The maximum atomic E-state index is 12.9. The van der Waals surface area contributed by atoms with Crippen LogP contribution in [-0.4, -0.2) is 17.9 Å². The summed E-state index contributed by atoms with van der Waals surface area (Å²) in [4.78, 5) is 25.6. The molecule has 3 nitrogen and oxygen atoms in total. The van der Waals surface area contributed by atoms with Gasteiger partial charge >= 0.3 is 5.97 Å². The molecule has 0 unspecified atom stereocenters. The van der Waals surface area contributed by atoms with Gasteiger partial charge in [-0.05, 0) is 81.6 Å². The van der Waals surface area contributed by atoms with Crippen molar-refractivity contribution in [2.75, 3.05) is 0 Å². The fraction of sp³-hybridized carbons (Fsp3) is 0.742. The smallest absolute Gasteiger partial charge is 0.309 e. The predicted molar refractivity (Wildman–Crippen MR) is 140 cm³/mol. The number of ketones is 1. The first-order valence-corrected chi connectivity index (χ1v) is 14.4. The molecular weight excluding hydrogens is 420 g/mol. The van der Waals surface area contributed by atoms with Crippen molar-refractivity contribution in [3.8, 4) is 0 Å². The van der Waals surface area contributed by atoms with Crippen molar-refractivity contribution in [2.24, 2.45) is 17.8 Å². The van der Waals surface area contributed by atoms with E-state index in [9.17, 15) is 9.59 Å². The second-order valence-corrected chi connectivity index (χ2v) is 11.1. The highest BCUT2D eigenvalue weighted by molar-refractivity contribution is 6.00. The lowest BCUT2D eigenvalue weighted by molar-refractivity contribution is -0.152. The third kappa shape index (κ3) is 7.95. The van der Waals surface area contributed by atoms with Gasteiger partial charge in [0.15, 0.2) is 6.10 Å². The molecular formula is C31H48O3. The minimum Gasteiger partial charge on any atom is -0.454 e. The van der Waals surface area contributed by atoms with E-state index in [1.807, 2.05) is 12.1 Å². The molecule has 0 amide bonds. The van der Waals surface area contributed by atoms with Crippen LogP contribution in [0.5, 0.6) is 0 Å². The van der Waals surface area contributed by atoms with Crippen LogP contribution in [0.4, 0.5) is 0 Å². The molecule has 0 radical (unpaired) electrons. The summed E-state index contributed by atoms with van der Waals surface area (Å²) in [5.74, 6) is 1.99. The van der Waals surface area contributed by atoms with Crippen LogP contribution in [0.2, 0.25) is 0 Å². The largest absolute Gasteiger partial charge is 0.454 e. The third-order valence-electron chi connectivity index (χ3n) is 8.52. The van der Waals surface area contributed by atoms with Crippen LogP contribution in [0.1, 0.15) is 139 Å². The number of rotatable bonds is 12. The van der Waals surface area contributed by atoms with Gasteiger partial charge in [0.2, 0.25) is 5.78 Å². The molecule has 1 aromatic carbocycles. The summed E-state index contributed by atoms with van der Waals surface area (Å²) < 4.78 is 5.65. The van der Waals surface area contributed by atoms with Gasteiger partial charge in [-0.2, -0.15) is 0 Å². The topological polar surface area (TPSA) is 43.4 Å². The Bertz CT molecular complexity index is 736. The Balaban J connectivity index is 1.41. The average molecular weight is 469 g/mol. The van der Waals surface area contributed by atoms with Gasteiger partial charge < -0.3 is 4.74 Å². The van der Waals surface area contributed by atoms with Gasteiger partial charge in [0, 0.05) is 5.56 Å². The summed E-state index contributed by atoms with van der Waals surface area (Å²) in [6.45, 7) is 6.25. The van der Waals surface area contributed by atoms with Gasteiger partial charge in [-0.15, -0.1) is 0 Å². The standard InChI is InChI=1S/C31H48O3/c1-4-6-7-8-10-25-13-17-29(18-14-25)31(33)34-23(3)30(32)28-21-19-27(20-22-28)26-15-11-24(9-5-2)12-16-26/h19-26,29H,4-18H2,1-3H3/t23-,24?,25?,26?,29?/m1/s1. The summed E-state index contributed by atoms with van der Waals surface area (Å²) in [5.41, 5.74) is 2.00. The molecule has 0 aromatic heterocycles. The van der Waals surface area contributed by atoms with E-state index in [0.717, 1.165) is 37.5 Å². The maximum Gasteiger partial charge on any atom is 0.309 e. The highest BCUT2D eigenvalue weighted by Gasteiger charge is 2.30. The number of unbranched alkanes of at least 4 members (excludes halogenated alkanes) is 3. The molecule has 1 atom stereocenters. The first kappa shape index (κ1) is 27.0. The Hall–Kier alpha value is -1.64. The lowest BCUT2D eigenvalue weighted by Gasteiger charge is -2.29. The van der Waals surface area contributed by atoms with Crippen molar-refractivity contribution >= 4 is 11.8 Å². The second-order valence-electron chi connectivity index (χ2n) is 11.1. The SMILES string of the molecule is CCCCCCC1CCC(C(=O)O[C@H](C)C(=O)c2ccc(C3CCC(CCC)CC3)cc2)CC1. The summed E-state index contributed by atoms with van der Waals surface area (Å²) in [5, 5.41) is 0. The number of ether oxygens (including phenoxy) is 1. The van der Waals surface area contributed by atoms with E-state index >= 15 is 0 Å². The molecule has 3 heteroatoms. The molecule has 2 fully saturated rings. The first-order chi connectivity index (χ1) is 16.5. The van der Waals surface area contributed by atoms with Crippen LogP contribution in [0.3, 0.4) is 0 Å². The van der Waals surface area contributed by atoms with E-state index in [4.69, 9.17) is 4.74 Å². The van der Waals surface area contributed by atoms with Crippen molar-refractivity contribution < 1.29 is 14.3 Å². The number of carbonyl (C=O) groups excluding carboxylic acids is 2. The molecule has 2 aliphatic carbocycles. The molecule has 3 rings (SSSR count). The summed E-state index contributed by atoms with van der Waals surface area (Å²) >= 11 is 0. The van der Waals surface area contributed by atoms with Crippen LogP contribution < -0.4 is 0 Å². The van der Waals surface area contributed by atoms with Crippen LogP contribution in [0, 0.1) is 17.8 Å².